The highest BCUT2D eigenvalue weighted by molar-refractivity contribution is 6.33. The molecular weight excluding hydrogens is 274 g/mol. The zero-order valence-corrected chi connectivity index (χ0v) is 12.6. The van der Waals surface area contributed by atoms with E-state index in [1.54, 1.807) is 6.07 Å². The zero-order chi connectivity index (χ0) is 14.5. The average Bonchev–Trinajstić information content (AvgIpc) is 2.49. The van der Waals surface area contributed by atoms with Crippen molar-refractivity contribution in [3.63, 3.8) is 0 Å². The van der Waals surface area contributed by atoms with Gasteiger partial charge in [0.05, 0.1) is 10.7 Å². The van der Waals surface area contributed by atoms with Crippen molar-refractivity contribution >= 4 is 23.1 Å². The number of halogens is 1. The van der Waals surface area contributed by atoms with Crippen molar-refractivity contribution in [2.24, 2.45) is 10.9 Å². The Kier molecular flexibility index (Phi) is 5.12. The SMILES string of the molecule is CCN(c1ccc(C(N)=NO)cc1Cl)C1CCCCC1. The van der Waals surface area contributed by atoms with Gasteiger partial charge in [-0.05, 0) is 38.0 Å². The molecule has 0 bridgehead atoms. The van der Waals surface area contributed by atoms with E-state index in [4.69, 9.17) is 22.5 Å². The van der Waals surface area contributed by atoms with Crippen molar-refractivity contribution in [2.75, 3.05) is 11.4 Å². The number of oxime groups is 1. The molecule has 0 heterocycles. The molecular formula is C15H22ClN3O. The van der Waals surface area contributed by atoms with Gasteiger partial charge in [-0.2, -0.15) is 0 Å². The Bertz CT molecular complexity index is 484. The van der Waals surface area contributed by atoms with E-state index in [9.17, 15) is 0 Å². The maximum atomic E-state index is 8.72. The molecule has 1 saturated carbocycles. The quantitative estimate of drug-likeness (QED) is 0.386. The summed E-state index contributed by atoms with van der Waals surface area (Å²) in [5, 5.41) is 12.4. The summed E-state index contributed by atoms with van der Waals surface area (Å²) in [6, 6.07) is 6.15. The average molecular weight is 296 g/mol. The molecule has 1 aliphatic rings. The van der Waals surface area contributed by atoms with Crippen molar-refractivity contribution in [1.29, 1.82) is 0 Å². The molecule has 0 amide bonds. The summed E-state index contributed by atoms with van der Waals surface area (Å²) >= 11 is 6.39. The minimum atomic E-state index is 0.0826. The molecule has 1 aliphatic carbocycles. The summed E-state index contributed by atoms with van der Waals surface area (Å²) in [5.74, 6) is 0.0826. The van der Waals surface area contributed by atoms with Crippen LogP contribution in [0.15, 0.2) is 23.4 Å². The molecule has 0 aliphatic heterocycles. The fraction of sp³-hybridized carbons (Fsp3) is 0.533. The molecule has 0 atom stereocenters. The first-order valence-electron chi connectivity index (χ1n) is 7.21. The fourth-order valence-electron chi connectivity index (χ4n) is 2.97. The van der Waals surface area contributed by atoms with Gasteiger partial charge < -0.3 is 15.8 Å². The number of amidine groups is 1. The van der Waals surface area contributed by atoms with Crippen LogP contribution < -0.4 is 10.6 Å². The molecule has 110 valence electrons. The van der Waals surface area contributed by atoms with Gasteiger partial charge in [0.2, 0.25) is 0 Å². The summed E-state index contributed by atoms with van der Waals surface area (Å²) in [6.07, 6.45) is 6.38. The number of nitrogens with zero attached hydrogens (tertiary/aromatic N) is 2. The number of hydrogen-bond acceptors (Lipinski definition) is 3. The maximum absolute atomic E-state index is 8.72. The Labute approximate surface area is 125 Å². The maximum Gasteiger partial charge on any atom is 0.170 e. The number of rotatable bonds is 4. The third kappa shape index (κ3) is 3.18. The lowest BCUT2D eigenvalue weighted by molar-refractivity contribution is 0.318. The molecule has 2 rings (SSSR count). The van der Waals surface area contributed by atoms with E-state index in [0.717, 1.165) is 12.2 Å². The van der Waals surface area contributed by atoms with Crippen LogP contribution in [0.25, 0.3) is 0 Å². The van der Waals surface area contributed by atoms with Crippen LogP contribution in [0.2, 0.25) is 5.02 Å². The van der Waals surface area contributed by atoms with Gasteiger partial charge in [-0.3, -0.25) is 0 Å². The number of benzene rings is 1. The first-order chi connectivity index (χ1) is 9.67. The minimum absolute atomic E-state index is 0.0826. The van der Waals surface area contributed by atoms with E-state index in [-0.39, 0.29) is 5.84 Å². The second-order valence-electron chi connectivity index (χ2n) is 5.23. The Morgan fingerprint density at radius 3 is 2.65 bits per heavy atom. The van der Waals surface area contributed by atoms with E-state index in [1.165, 1.54) is 32.1 Å². The van der Waals surface area contributed by atoms with Crippen LogP contribution in [0.5, 0.6) is 0 Å². The van der Waals surface area contributed by atoms with E-state index >= 15 is 0 Å². The van der Waals surface area contributed by atoms with Gasteiger partial charge >= 0.3 is 0 Å². The Hall–Kier alpha value is -1.42. The summed E-state index contributed by atoms with van der Waals surface area (Å²) in [7, 11) is 0. The standard InChI is InChI=1S/C15H22ClN3O/c1-2-19(12-6-4-3-5-7-12)14-9-8-11(10-13(14)16)15(17)18-20/h8-10,12,20H,2-7H2,1H3,(H2,17,18). The molecule has 0 spiro atoms. The van der Waals surface area contributed by atoms with Gasteiger partial charge in [-0.25, -0.2) is 0 Å². The molecule has 1 fully saturated rings. The van der Waals surface area contributed by atoms with Crippen LogP contribution in [-0.2, 0) is 0 Å². The molecule has 0 unspecified atom stereocenters. The largest absolute Gasteiger partial charge is 0.409 e. The van der Waals surface area contributed by atoms with E-state index in [0.29, 0.717) is 16.6 Å². The predicted molar refractivity (Wildman–Crippen MR) is 83.9 cm³/mol. The van der Waals surface area contributed by atoms with Crippen molar-refractivity contribution < 1.29 is 5.21 Å². The summed E-state index contributed by atoms with van der Waals surface area (Å²) in [4.78, 5) is 2.37. The van der Waals surface area contributed by atoms with Crippen LogP contribution in [0.3, 0.4) is 0 Å². The molecule has 1 aromatic carbocycles. The molecule has 0 radical (unpaired) electrons. The Balaban J connectivity index is 2.25. The lowest BCUT2D eigenvalue weighted by atomic mass is 9.93. The molecule has 20 heavy (non-hydrogen) atoms. The number of anilines is 1. The second-order valence-corrected chi connectivity index (χ2v) is 5.64. The van der Waals surface area contributed by atoms with Crippen LogP contribution in [0.1, 0.15) is 44.6 Å². The second kappa shape index (κ2) is 6.84. The summed E-state index contributed by atoms with van der Waals surface area (Å²) in [5.41, 5.74) is 7.27. The van der Waals surface area contributed by atoms with Crippen molar-refractivity contribution in [2.45, 2.75) is 45.1 Å². The summed E-state index contributed by atoms with van der Waals surface area (Å²) < 4.78 is 0. The van der Waals surface area contributed by atoms with E-state index < -0.39 is 0 Å². The topological polar surface area (TPSA) is 61.8 Å². The minimum Gasteiger partial charge on any atom is -0.409 e. The number of nitrogens with two attached hydrogens (primary N) is 1. The van der Waals surface area contributed by atoms with Gasteiger partial charge in [0.15, 0.2) is 5.84 Å². The molecule has 5 heteroatoms. The molecule has 0 saturated heterocycles. The lowest BCUT2D eigenvalue weighted by Crippen LogP contribution is -2.36. The van der Waals surface area contributed by atoms with Gasteiger partial charge in [-0.1, -0.05) is 36.0 Å². The third-order valence-electron chi connectivity index (χ3n) is 4.02. The van der Waals surface area contributed by atoms with Crippen molar-refractivity contribution in [3.05, 3.63) is 28.8 Å². The third-order valence-corrected chi connectivity index (χ3v) is 4.32. The first-order valence-corrected chi connectivity index (χ1v) is 7.59. The highest BCUT2D eigenvalue weighted by Crippen LogP contribution is 2.32. The normalized spacial score (nSPS) is 17.2. The molecule has 1 aromatic rings. The molecule has 4 nitrogen and oxygen atoms in total. The van der Waals surface area contributed by atoms with Gasteiger partial charge in [0, 0.05) is 18.2 Å². The smallest absolute Gasteiger partial charge is 0.170 e. The zero-order valence-electron chi connectivity index (χ0n) is 11.8. The Morgan fingerprint density at radius 2 is 2.10 bits per heavy atom. The highest BCUT2D eigenvalue weighted by atomic mass is 35.5. The van der Waals surface area contributed by atoms with Gasteiger partial charge in [0.25, 0.3) is 0 Å². The predicted octanol–water partition coefficient (Wildman–Crippen LogP) is 3.59. The first kappa shape index (κ1) is 15.0. The van der Waals surface area contributed by atoms with Crippen molar-refractivity contribution in [1.82, 2.24) is 0 Å². The summed E-state index contributed by atoms with van der Waals surface area (Å²) in [6.45, 7) is 3.09. The van der Waals surface area contributed by atoms with Gasteiger partial charge in [-0.15, -0.1) is 0 Å². The fourth-order valence-corrected chi connectivity index (χ4v) is 3.26. The van der Waals surface area contributed by atoms with E-state index in [2.05, 4.69) is 17.0 Å². The van der Waals surface area contributed by atoms with Crippen LogP contribution in [0, 0.1) is 0 Å². The van der Waals surface area contributed by atoms with Gasteiger partial charge in [0.1, 0.15) is 0 Å². The van der Waals surface area contributed by atoms with Crippen LogP contribution in [-0.4, -0.2) is 23.6 Å². The Morgan fingerprint density at radius 1 is 1.40 bits per heavy atom. The van der Waals surface area contributed by atoms with E-state index in [1.807, 2.05) is 12.1 Å². The highest BCUT2D eigenvalue weighted by Gasteiger charge is 2.22. The molecule has 3 N–H and O–H groups in total. The molecule has 0 aromatic heterocycles. The number of hydrogen-bond donors (Lipinski definition) is 2. The van der Waals surface area contributed by atoms with Crippen molar-refractivity contribution in [3.8, 4) is 0 Å². The monoisotopic (exact) mass is 295 g/mol. The van der Waals surface area contributed by atoms with Crippen LogP contribution >= 0.6 is 11.6 Å². The van der Waals surface area contributed by atoms with Crippen LogP contribution in [0.4, 0.5) is 5.69 Å². The lowest BCUT2D eigenvalue weighted by Gasteiger charge is -2.36.